The van der Waals surface area contributed by atoms with Crippen LogP contribution < -0.4 is 0 Å². The third-order valence-corrected chi connectivity index (χ3v) is 1.62. The van der Waals surface area contributed by atoms with Crippen molar-refractivity contribution in [2.24, 2.45) is 0 Å². The first-order valence-corrected chi connectivity index (χ1v) is 4.00. The van der Waals surface area contributed by atoms with E-state index in [0.29, 0.717) is 0 Å². The second kappa shape index (κ2) is 9.25. The summed E-state index contributed by atoms with van der Waals surface area (Å²) in [7, 11) is 1.27. The van der Waals surface area contributed by atoms with Crippen molar-refractivity contribution in [3.8, 4) is 6.26 Å². The van der Waals surface area contributed by atoms with Crippen LogP contribution in [0, 0.1) is 11.5 Å². The van der Waals surface area contributed by atoms with Crippen molar-refractivity contribution in [1.29, 1.82) is 5.26 Å². The Labute approximate surface area is 67.8 Å². The highest BCUT2D eigenvalue weighted by atomic mass is 17.2. The summed E-state index contributed by atoms with van der Waals surface area (Å²) in [4.78, 5) is 7.47. The predicted molar refractivity (Wildman–Crippen MR) is 41.4 cm³/mol. The topological polar surface area (TPSA) is 42.2 Å². The Balaban J connectivity index is 0.000000187. The number of hydrogen-bond acceptors (Lipinski definition) is 3. The number of rotatable bonds is 1. The molecule has 1 fully saturated rings. The van der Waals surface area contributed by atoms with E-state index in [1.54, 1.807) is 0 Å². The average Bonchev–Trinajstić information content (AvgIpc) is 2.10. The smallest absolute Gasteiger partial charge is 0.254 e. The molecule has 0 aromatic carbocycles. The average molecular weight is 157 g/mol. The Morgan fingerprint density at radius 2 is 1.36 bits per heavy atom. The summed E-state index contributed by atoms with van der Waals surface area (Å²) < 4.78 is 0. The van der Waals surface area contributed by atoms with Crippen molar-refractivity contribution in [3.05, 3.63) is 0 Å². The van der Waals surface area contributed by atoms with Gasteiger partial charge in [0, 0.05) is 0 Å². The van der Waals surface area contributed by atoms with E-state index in [-0.39, 0.29) is 0 Å². The summed E-state index contributed by atoms with van der Waals surface area (Å²) in [5.41, 5.74) is 0. The van der Waals surface area contributed by atoms with Crippen molar-refractivity contribution in [2.75, 3.05) is 7.11 Å². The largest absolute Gasteiger partial charge is 0.324 e. The first-order valence-electron chi connectivity index (χ1n) is 4.00. The van der Waals surface area contributed by atoms with Crippen molar-refractivity contribution >= 4 is 0 Å². The third-order valence-electron chi connectivity index (χ3n) is 1.62. The summed E-state index contributed by atoms with van der Waals surface area (Å²) in [6, 6.07) is 0. The zero-order valence-electron chi connectivity index (χ0n) is 7.01. The first kappa shape index (κ1) is 10.2. The van der Waals surface area contributed by atoms with Gasteiger partial charge in [0.15, 0.2) is 0 Å². The molecule has 1 saturated carbocycles. The number of nitriles is 1. The van der Waals surface area contributed by atoms with Crippen LogP contribution in [-0.4, -0.2) is 7.11 Å². The highest BCUT2D eigenvalue weighted by molar-refractivity contribution is 4.51. The second-order valence-electron chi connectivity index (χ2n) is 2.46. The summed E-state index contributed by atoms with van der Waals surface area (Å²) in [5.74, 6) is 0. The van der Waals surface area contributed by atoms with E-state index in [1.807, 2.05) is 0 Å². The molecule has 64 valence electrons. The Hall–Kier alpha value is -0.750. The minimum Gasteiger partial charge on any atom is -0.254 e. The summed E-state index contributed by atoms with van der Waals surface area (Å²) in [6.45, 7) is 0. The quantitative estimate of drug-likeness (QED) is 0.333. The first-order chi connectivity index (χ1) is 5.41. The molecule has 0 radical (unpaired) electrons. The van der Waals surface area contributed by atoms with Gasteiger partial charge < -0.3 is 0 Å². The lowest BCUT2D eigenvalue weighted by atomic mass is 10.0. The SMILES string of the molecule is C1CCCCC1.COOC#N. The number of hydrogen-bond donors (Lipinski definition) is 0. The van der Waals surface area contributed by atoms with Gasteiger partial charge in [-0.05, 0) is 0 Å². The summed E-state index contributed by atoms with van der Waals surface area (Å²) in [5, 5.41) is 7.47. The van der Waals surface area contributed by atoms with Crippen LogP contribution in [0.15, 0.2) is 0 Å². The van der Waals surface area contributed by atoms with Crippen LogP contribution in [0.4, 0.5) is 0 Å². The molecule has 0 N–H and O–H groups in total. The Kier molecular flexibility index (Phi) is 8.62. The molecule has 0 spiro atoms. The van der Waals surface area contributed by atoms with Crippen LogP contribution in [0.25, 0.3) is 0 Å². The monoisotopic (exact) mass is 157 g/mol. The fraction of sp³-hybridized carbons (Fsp3) is 0.875. The molecule has 0 heterocycles. The van der Waals surface area contributed by atoms with Crippen LogP contribution in [0.5, 0.6) is 0 Å². The lowest BCUT2D eigenvalue weighted by Gasteiger charge is -2.05. The van der Waals surface area contributed by atoms with E-state index in [2.05, 4.69) is 9.78 Å². The molecule has 1 aliphatic rings. The van der Waals surface area contributed by atoms with Gasteiger partial charge in [-0.15, -0.1) is 5.26 Å². The van der Waals surface area contributed by atoms with Gasteiger partial charge in [0.05, 0.1) is 7.11 Å². The van der Waals surface area contributed by atoms with Crippen molar-refractivity contribution in [1.82, 2.24) is 0 Å². The molecule has 0 atom stereocenters. The van der Waals surface area contributed by atoms with E-state index >= 15 is 0 Å². The molecule has 0 unspecified atom stereocenters. The van der Waals surface area contributed by atoms with E-state index < -0.39 is 0 Å². The van der Waals surface area contributed by atoms with Crippen LogP contribution in [0.3, 0.4) is 0 Å². The van der Waals surface area contributed by atoms with Gasteiger partial charge in [-0.1, -0.05) is 38.5 Å². The Morgan fingerprint density at radius 3 is 1.45 bits per heavy atom. The van der Waals surface area contributed by atoms with Crippen molar-refractivity contribution in [3.63, 3.8) is 0 Å². The summed E-state index contributed by atoms with van der Waals surface area (Å²) in [6.07, 6.45) is 10.3. The van der Waals surface area contributed by atoms with Crippen LogP contribution >= 0.6 is 0 Å². The lowest BCUT2D eigenvalue weighted by molar-refractivity contribution is -0.211. The van der Waals surface area contributed by atoms with E-state index in [0.717, 1.165) is 0 Å². The number of nitrogens with zero attached hydrogens (tertiary/aromatic N) is 1. The maximum Gasteiger partial charge on any atom is 0.324 e. The zero-order valence-corrected chi connectivity index (χ0v) is 7.01. The fourth-order valence-electron chi connectivity index (χ4n) is 1.10. The molecule has 0 saturated heterocycles. The molecule has 3 nitrogen and oxygen atoms in total. The summed E-state index contributed by atoms with van der Waals surface area (Å²) >= 11 is 0. The van der Waals surface area contributed by atoms with E-state index in [9.17, 15) is 0 Å². The van der Waals surface area contributed by atoms with Gasteiger partial charge >= 0.3 is 6.26 Å². The van der Waals surface area contributed by atoms with Crippen molar-refractivity contribution in [2.45, 2.75) is 38.5 Å². The highest BCUT2D eigenvalue weighted by Gasteiger charge is 1.95. The lowest BCUT2D eigenvalue weighted by Crippen LogP contribution is -1.85. The zero-order chi connectivity index (χ0) is 8.36. The molecule has 0 amide bonds. The molecular formula is C8H15NO2. The van der Waals surface area contributed by atoms with E-state index in [1.165, 1.54) is 51.9 Å². The third kappa shape index (κ3) is 9.25. The maximum absolute atomic E-state index is 7.47. The van der Waals surface area contributed by atoms with Gasteiger partial charge in [-0.25, -0.2) is 0 Å². The fourth-order valence-corrected chi connectivity index (χ4v) is 1.10. The van der Waals surface area contributed by atoms with Gasteiger partial charge in [0.25, 0.3) is 0 Å². The van der Waals surface area contributed by atoms with Crippen LogP contribution in [-0.2, 0) is 9.78 Å². The van der Waals surface area contributed by atoms with Crippen LogP contribution in [0.1, 0.15) is 38.5 Å². The van der Waals surface area contributed by atoms with Gasteiger partial charge in [-0.2, -0.15) is 4.89 Å². The molecule has 0 aliphatic heterocycles. The Bertz CT molecular complexity index is 93.6. The van der Waals surface area contributed by atoms with Gasteiger partial charge in [0.1, 0.15) is 0 Å². The van der Waals surface area contributed by atoms with Gasteiger partial charge in [-0.3, -0.25) is 4.89 Å². The normalized spacial score (nSPS) is 15.6. The Morgan fingerprint density at radius 1 is 1.00 bits per heavy atom. The van der Waals surface area contributed by atoms with E-state index in [4.69, 9.17) is 5.26 Å². The molecule has 0 aromatic rings. The predicted octanol–water partition coefficient (Wildman–Crippen LogP) is 2.39. The minimum atomic E-state index is 1.27. The molecule has 3 heteroatoms. The molecule has 1 rings (SSSR count). The molecule has 11 heavy (non-hydrogen) atoms. The molecule has 0 aromatic heterocycles. The minimum absolute atomic E-state index is 1.27. The second-order valence-corrected chi connectivity index (χ2v) is 2.46. The molecule has 1 aliphatic carbocycles. The molecular weight excluding hydrogens is 142 g/mol. The standard InChI is InChI=1S/C6H12.C2H3NO2/c1-2-4-6-5-3-1;1-4-5-2-3/h1-6H2;1H3. The van der Waals surface area contributed by atoms with Crippen LogP contribution in [0.2, 0.25) is 0 Å². The highest BCUT2D eigenvalue weighted by Crippen LogP contribution is 2.15. The molecule has 0 bridgehead atoms. The maximum atomic E-state index is 7.47. The van der Waals surface area contributed by atoms with Crippen molar-refractivity contribution < 1.29 is 9.78 Å². The van der Waals surface area contributed by atoms with Gasteiger partial charge in [0.2, 0.25) is 0 Å².